The first-order chi connectivity index (χ1) is 9.65. The maximum atomic E-state index is 12.0. The van der Waals surface area contributed by atoms with Crippen LogP contribution in [0.2, 0.25) is 0 Å². The van der Waals surface area contributed by atoms with Gasteiger partial charge in [-0.2, -0.15) is 0 Å². The lowest BCUT2D eigenvalue weighted by Crippen LogP contribution is -2.43. The molecule has 0 saturated carbocycles. The highest BCUT2D eigenvalue weighted by Crippen LogP contribution is 2.18. The number of rotatable bonds is 5. The molecular formula is C14H18N2O4. The van der Waals surface area contributed by atoms with E-state index in [4.69, 9.17) is 9.84 Å². The van der Waals surface area contributed by atoms with Crippen LogP contribution in [0.4, 0.5) is 5.69 Å². The van der Waals surface area contributed by atoms with Crippen molar-refractivity contribution < 1.29 is 19.4 Å². The van der Waals surface area contributed by atoms with E-state index in [9.17, 15) is 9.59 Å². The fraction of sp³-hybridized carbons (Fsp3) is 0.429. The van der Waals surface area contributed by atoms with Gasteiger partial charge in [-0.3, -0.25) is 4.79 Å². The number of hydrogen-bond acceptors (Lipinski definition) is 4. The average molecular weight is 278 g/mol. The molecule has 1 aromatic rings. The van der Waals surface area contributed by atoms with Crippen molar-refractivity contribution in [1.29, 1.82) is 0 Å². The zero-order valence-corrected chi connectivity index (χ0v) is 11.1. The Labute approximate surface area is 117 Å². The van der Waals surface area contributed by atoms with Gasteiger partial charge in [0.1, 0.15) is 5.75 Å². The zero-order chi connectivity index (χ0) is 14.4. The van der Waals surface area contributed by atoms with Crippen LogP contribution in [0.25, 0.3) is 0 Å². The minimum Gasteiger partial charge on any atom is -0.482 e. The molecule has 1 aromatic carbocycles. The summed E-state index contributed by atoms with van der Waals surface area (Å²) in [7, 11) is 0. The van der Waals surface area contributed by atoms with E-state index in [0.717, 1.165) is 25.8 Å². The van der Waals surface area contributed by atoms with Crippen molar-refractivity contribution in [3.63, 3.8) is 0 Å². The lowest BCUT2D eigenvalue weighted by atomic mass is 10.0. The number of carboxylic acid groups (broad SMARTS) is 1. The van der Waals surface area contributed by atoms with Gasteiger partial charge in [-0.1, -0.05) is 12.5 Å². The van der Waals surface area contributed by atoms with Gasteiger partial charge in [0, 0.05) is 11.8 Å². The van der Waals surface area contributed by atoms with E-state index in [2.05, 4.69) is 10.6 Å². The van der Waals surface area contributed by atoms with Gasteiger partial charge >= 0.3 is 5.97 Å². The molecule has 0 aliphatic carbocycles. The molecule has 108 valence electrons. The lowest BCUT2D eigenvalue weighted by Gasteiger charge is -2.22. The number of piperidine rings is 1. The van der Waals surface area contributed by atoms with E-state index < -0.39 is 12.6 Å². The molecule has 6 nitrogen and oxygen atoms in total. The monoisotopic (exact) mass is 278 g/mol. The molecule has 0 radical (unpaired) electrons. The third-order valence-corrected chi connectivity index (χ3v) is 3.09. The van der Waals surface area contributed by atoms with Gasteiger partial charge in [-0.25, -0.2) is 4.79 Å². The van der Waals surface area contributed by atoms with E-state index in [1.54, 1.807) is 24.3 Å². The molecule has 0 unspecified atom stereocenters. The smallest absolute Gasteiger partial charge is 0.341 e. The highest BCUT2D eigenvalue weighted by Gasteiger charge is 2.20. The van der Waals surface area contributed by atoms with Crippen molar-refractivity contribution in [3.8, 4) is 5.75 Å². The molecule has 1 saturated heterocycles. The first-order valence-corrected chi connectivity index (χ1v) is 6.64. The summed E-state index contributed by atoms with van der Waals surface area (Å²) in [5, 5.41) is 14.5. The van der Waals surface area contributed by atoms with Crippen LogP contribution >= 0.6 is 0 Å². The fourth-order valence-corrected chi connectivity index (χ4v) is 2.11. The van der Waals surface area contributed by atoms with Crippen LogP contribution < -0.4 is 15.4 Å². The third-order valence-electron chi connectivity index (χ3n) is 3.09. The molecule has 2 rings (SSSR count). The van der Waals surface area contributed by atoms with Gasteiger partial charge in [0.15, 0.2) is 6.61 Å². The van der Waals surface area contributed by atoms with Crippen molar-refractivity contribution in [1.82, 2.24) is 5.32 Å². The van der Waals surface area contributed by atoms with Crippen LogP contribution in [0.5, 0.6) is 5.75 Å². The van der Waals surface area contributed by atoms with Crippen LogP contribution in [0, 0.1) is 0 Å². The lowest BCUT2D eigenvalue weighted by molar-refractivity contribution is -0.139. The summed E-state index contributed by atoms with van der Waals surface area (Å²) in [6, 6.07) is 6.56. The zero-order valence-electron chi connectivity index (χ0n) is 11.1. The summed E-state index contributed by atoms with van der Waals surface area (Å²) in [6.07, 6.45) is 2.98. The van der Waals surface area contributed by atoms with Crippen molar-refractivity contribution >= 4 is 17.6 Å². The number of anilines is 1. The Hall–Kier alpha value is -2.08. The molecule has 0 aromatic heterocycles. The average Bonchev–Trinajstić information content (AvgIpc) is 2.46. The second-order valence-electron chi connectivity index (χ2n) is 4.70. The number of carboxylic acids is 1. The highest BCUT2D eigenvalue weighted by molar-refractivity contribution is 5.95. The normalized spacial score (nSPS) is 18.3. The van der Waals surface area contributed by atoms with Crippen LogP contribution in [-0.2, 0) is 9.59 Å². The number of hydrogen-bond donors (Lipinski definition) is 3. The van der Waals surface area contributed by atoms with E-state index in [-0.39, 0.29) is 11.9 Å². The Morgan fingerprint density at radius 1 is 1.40 bits per heavy atom. The van der Waals surface area contributed by atoms with Crippen molar-refractivity contribution in [2.24, 2.45) is 0 Å². The Bertz CT molecular complexity index is 484. The first-order valence-electron chi connectivity index (χ1n) is 6.64. The van der Waals surface area contributed by atoms with Gasteiger partial charge in [-0.05, 0) is 31.5 Å². The number of nitrogens with one attached hydrogen (secondary N) is 2. The van der Waals surface area contributed by atoms with E-state index >= 15 is 0 Å². The predicted molar refractivity (Wildman–Crippen MR) is 73.8 cm³/mol. The number of amides is 1. The van der Waals surface area contributed by atoms with Crippen molar-refractivity contribution in [2.75, 3.05) is 18.5 Å². The summed E-state index contributed by atoms with van der Waals surface area (Å²) < 4.78 is 5.07. The van der Waals surface area contributed by atoms with Crippen molar-refractivity contribution in [3.05, 3.63) is 24.3 Å². The molecular weight excluding hydrogens is 260 g/mol. The summed E-state index contributed by atoms with van der Waals surface area (Å²) in [5.41, 5.74) is 0.602. The summed E-state index contributed by atoms with van der Waals surface area (Å²) in [4.78, 5) is 22.5. The SMILES string of the molecule is O=C(O)COc1cccc(NC(=O)[C@@H]2CCCCN2)c1. The molecule has 0 spiro atoms. The molecule has 1 fully saturated rings. The number of benzene rings is 1. The first kappa shape index (κ1) is 14.3. The maximum absolute atomic E-state index is 12.0. The summed E-state index contributed by atoms with van der Waals surface area (Å²) >= 11 is 0. The minimum absolute atomic E-state index is 0.0694. The molecule has 20 heavy (non-hydrogen) atoms. The molecule has 1 amide bonds. The molecule has 1 atom stereocenters. The van der Waals surface area contributed by atoms with Crippen LogP contribution in [0.15, 0.2) is 24.3 Å². The van der Waals surface area contributed by atoms with Crippen LogP contribution in [-0.4, -0.2) is 36.2 Å². The summed E-state index contributed by atoms with van der Waals surface area (Å²) in [5.74, 6) is -0.687. The largest absolute Gasteiger partial charge is 0.482 e. The molecule has 1 aliphatic heterocycles. The van der Waals surface area contributed by atoms with Gasteiger partial charge in [-0.15, -0.1) is 0 Å². The number of aliphatic carboxylic acids is 1. The quantitative estimate of drug-likeness (QED) is 0.754. The fourth-order valence-electron chi connectivity index (χ4n) is 2.11. The second-order valence-corrected chi connectivity index (χ2v) is 4.70. The van der Waals surface area contributed by atoms with E-state index in [1.165, 1.54) is 0 Å². The van der Waals surface area contributed by atoms with Gasteiger partial charge in [0.25, 0.3) is 0 Å². The summed E-state index contributed by atoms with van der Waals surface area (Å²) in [6.45, 7) is 0.460. The molecule has 6 heteroatoms. The third kappa shape index (κ3) is 4.24. The topological polar surface area (TPSA) is 87.7 Å². The predicted octanol–water partition coefficient (Wildman–Crippen LogP) is 1.23. The second kappa shape index (κ2) is 6.91. The molecule has 1 heterocycles. The van der Waals surface area contributed by atoms with Gasteiger partial charge in [0.2, 0.25) is 5.91 Å². The maximum Gasteiger partial charge on any atom is 0.341 e. The molecule has 3 N–H and O–H groups in total. The van der Waals surface area contributed by atoms with E-state index in [1.807, 2.05) is 0 Å². The molecule has 0 bridgehead atoms. The number of ether oxygens (including phenoxy) is 1. The van der Waals surface area contributed by atoms with E-state index in [0.29, 0.717) is 11.4 Å². The van der Waals surface area contributed by atoms with Crippen LogP contribution in [0.1, 0.15) is 19.3 Å². The Morgan fingerprint density at radius 2 is 2.25 bits per heavy atom. The van der Waals surface area contributed by atoms with Crippen LogP contribution in [0.3, 0.4) is 0 Å². The highest BCUT2D eigenvalue weighted by atomic mass is 16.5. The van der Waals surface area contributed by atoms with Gasteiger partial charge in [0.05, 0.1) is 6.04 Å². The standard InChI is InChI=1S/C14H18N2O4/c17-13(18)9-20-11-5-3-4-10(8-11)16-14(19)12-6-1-2-7-15-12/h3-5,8,12,15H,1-2,6-7,9H2,(H,16,19)(H,17,18)/t12-/m0/s1. The van der Waals surface area contributed by atoms with Crippen molar-refractivity contribution in [2.45, 2.75) is 25.3 Å². The Kier molecular flexibility index (Phi) is 4.95. The Balaban J connectivity index is 1.93. The van der Waals surface area contributed by atoms with Gasteiger partial charge < -0.3 is 20.5 Å². The number of carbonyl (C=O) groups is 2. The Morgan fingerprint density at radius 3 is 2.95 bits per heavy atom. The minimum atomic E-state index is -1.04. The molecule has 1 aliphatic rings. The number of carbonyl (C=O) groups excluding carboxylic acids is 1.